The number of rotatable bonds is 2. The van der Waals surface area contributed by atoms with Crippen molar-refractivity contribution in [2.45, 2.75) is 56.7 Å². The number of ether oxygens (including phenoxy) is 2. The van der Waals surface area contributed by atoms with E-state index in [1.165, 1.54) is 4.90 Å². The summed E-state index contributed by atoms with van der Waals surface area (Å²) in [6.07, 6.45) is 5.63. The largest absolute Gasteiger partial charge is 0.464 e. The summed E-state index contributed by atoms with van der Waals surface area (Å²) in [6.45, 7) is 2.92. The lowest BCUT2D eigenvalue weighted by atomic mass is 10.1. The molecular weight excluding hydrogens is 352 g/mol. The number of nitrogens with zero attached hydrogens (tertiary/aromatic N) is 1. The highest BCUT2D eigenvalue weighted by Crippen LogP contribution is 2.46. The number of aliphatic hydroxyl groups is 1. The van der Waals surface area contributed by atoms with Gasteiger partial charge in [-0.05, 0) is 26.2 Å². The van der Waals surface area contributed by atoms with Crippen molar-refractivity contribution in [3.8, 4) is 0 Å². The summed E-state index contributed by atoms with van der Waals surface area (Å²) in [5, 5.41) is 12.8. The number of fused-ring (bicyclic) bond motifs is 2. The van der Waals surface area contributed by atoms with Crippen LogP contribution in [0.1, 0.15) is 39.0 Å². The Morgan fingerprint density at radius 2 is 2.26 bits per heavy atom. The molecule has 1 saturated heterocycles. The van der Waals surface area contributed by atoms with Crippen LogP contribution in [-0.2, 0) is 23.9 Å². The second-order valence-electron chi connectivity index (χ2n) is 7.38. The number of allylic oxidation sites excluding steroid dienone is 1. The van der Waals surface area contributed by atoms with Crippen LogP contribution in [0.4, 0.5) is 0 Å². The van der Waals surface area contributed by atoms with E-state index < -0.39 is 29.6 Å². The van der Waals surface area contributed by atoms with Crippen LogP contribution in [0.25, 0.3) is 0 Å². The summed E-state index contributed by atoms with van der Waals surface area (Å²) in [6, 6.07) is -0.783. The van der Waals surface area contributed by atoms with Crippen LogP contribution < -0.4 is 5.32 Å². The number of amides is 2. The van der Waals surface area contributed by atoms with E-state index in [1.54, 1.807) is 6.92 Å². The summed E-state index contributed by atoms with van der Waals surface area (Å²) >= 11 is 0. The van der Waals surface area contributed by atoms with Crippen molar-refractivity contribution in [1.82, 2.24) is 10.2 Å². The van der Waals surface area contributed by atoms with Gasteiger partial charge in [-0.25, -0.2) is 4.79 Å². The molecule has 0 bridgehead atoms. The van der Waals surface area contributed by atoms with Crippen molar-refractivity contribution in [1.29, 1.82) is 0 Å². The van der Waals surface area contributed by atoms with Gasteiger partial charge < -0.3 is 24.8 Å². The number of hydrogen-bond donors (Lipinski definition) is 2. The van der Waals surface area contributed by atoms with Crippen molar-refractivity contribution in [2.24, 2.45) is 5.92 Å². The monoisotopic (exact) mass is 380 g/mol. The number of carbonyl (C=O) groups excluding carboxylic acids is 3. The Morgan fingerprint density at radius 3 is 3.04 bits per heavy atom. The second kappa shape index (κ2) is 8.39. The molecule has 2 N–H and O–H groups in total. The average molecular weight is 380 g/mol. The van der Waals surface area contributed by atoms with Gasteiger partial charge in [0.15, 0.2) is 0 Å². The first-order valence-electron chi connectivity index (χ1n) is 9.69. The molecule has 3 rings (SSSR count). The fourth-order valence-corrected chi connectivity index (χ4v) is 3.82. The van der Waals surface area contributed by atoms with Gasteiger partial charge in [0.25, 0.3) is 0 Å². The molecule has 3 aliphatic rings. The van der Waals surface area contributed by atoms with Crippen molar-refractivity contribution in [2.75, 3.05) is 26.4 Å². The van der Waals surface area contributed by atoms with E-state index in [2.05, 4.69) is 5.32 Å². The Bertz CT molecular complexity index is 621. The molecular formula is C19H28N2O6. The molecule has 27 heavy (non-hydrogen) atoms. The van der Waals surface area contributed by atoms with E-state index in [9.17, 15) is 19.5 Å². The molecule has 1 aliphatic carbocycles. The van der Waals surface area contributed by atoms with Gasteiger partial charge in [0.05, 0.1) is 25.7 Å². The fraction of sp³-hybridized carbons (Fsp3) is 0.737. The topological polar surface area (TPSA) is 105 Å². The first-order valence-corrected chi connectivity index (χ1v) is 9.69. The minimum Gasteiger partial charge on any atom is -0.464 e. The Labute approximate surface area is 158 Å². The number of aliphatic hydroxyl groups excluding tert-OH is 1. The van der Waals surface area contributed by atoms with E-state index in [1.807, 2.05) is 12.2 Å². The lowest BCUT2D eigenvalue weighted by molar-refractivity contribution is -0.150. The highest BCUT2D eigenvalue weighted by molar-refractivity contribution is 5.95. The van der Waals surface area contributed by atoms with E-state index in [0.717, 1.165) is 12.8 Å². The summed E-state index contributed by atoms with van der Waals surface area (Å²) in [7, 11) is 0. The van der Waals surface area contributed by atoms with Gasteiger partial charge in [-0.15, -0.1) is 0 Å². The average Bonchev–Trinajstić information content (AvgIpc) is 3.18. The van der Waals surface area contributed by atoms with Crippen molar-refractivity contribution in [3.63, 3.8) is 0 Å². The molecule has 0 aromatic carbocycles. The summed E-state index contributed by atoms with van der Waals surface area (Å²) in [5.41, 5.74) is -1.07. The molecule has 0 aromatic heterocycles. The van der Waals surface area contributed by atoms with Crippen LogP contribution in [0, 0.1) is 5.92 Å². The van der Waals surface area contributed by atoms with Crippen molar-refractivity contribution >= 4 is 17.8 Å². The normalized spacial score (nSPS) is 35.9. The summed E-state index contributed by atoms with van der Waals surface area (Å²) in [5.74, 6) is -1.21. The third-order valence-electron chi connectivity index (χ3n) is 5.39. The maximum absolute atomic E-state index is 12.9. The van der Waals surface area contributed by atoms with E-state index in [0.29, 0.717) is 19.6 Å². The smallest absolute Gasteiger partial charge is 0.332 e. The number of hydrogen-bond acceptors (Lipinski definition) is 6. The Kier molecular flexibility index (Phi) is 6.16. The fourth-order valence-electron chi connectivity index (χ4n) is 3.82. The minimum atomic E-state index is -1.07. The Morgan fingerprint density at radius 1 is 1.44 bits per heavy atom. The first kappa shape index (κ1) is 19.8. The van der Waals surface area contributed by atoms with Crippen LogP contribution in [0.2, 0.25) is 0 Å². The summed E-state index contributed by atoms with van der Waals surface area (Å²) < 4.78 is 10.7. The molecule has 0 aromatic rings. The lowest BCUT2D eigenvalue weighted by Crippen LogP contribution is -2.53. The molecule has 1 saturated carbocycles. The molecule has 2 fully saturated rings. The van der Waals surface area contributed by atoms with Gasteiger partial charge in [0, 0.05) is 25.5 Å². The van der Waals surface area contributed by atoms with E-state index >= 15 is 0 Å². The van der Waals surface area contributed by atoms with Gasteiger partial charge in [-0.3, -0.25) is 9.59 Å². The molecule has 0 unspecified atom stereocenters. The first-order chi connectivity index (χ1) is 13.0. The van der Waals surface area contributed by atoms with Gasteiger partial charge >= 0.3 is 5.97 Å². The highest BCUT2D eigenvalue weighted by atomic mass is 16.5. The van der Waals surface area contributed by atoms with Gasteiger partial charge in [0.2, 0.25) is 11.8 Å². The summed E-state index contributed by atoms with van der Waals surface area (Å²) in [4.78, 5) is 39.3. The van der Waals surface area contributed by atoms with E-state index in [4.69, 9.17) is 9.47 Å². The van der Waals surface area contributed by atoms with Crippen LogP contribution in [-0.4, -0.2) is 71.8 Å². The maximum atomic E-state index is 12.9. The highest BCUT2D eigenvalue weighted by Gasteiger charge is 2.62. The predicted octanol–water partition coefficient (Wildman–Crippen LogP) is 0.143. The van der Waals surface area contributed by atoms with Crippen molar-refractivity contribution in [3.05, 3.63) is 12.2 Å². The van der Waals surface area contributed by atoms with Crippen LogP contribution in [0.3, 0.4) is 0 Å². The zero-order chi connectivity index (χ0) is 19.4. The molecule has 2 amide bonds. The van der Waals surface area contributed by atoms with Crippen molar-refractivity contribution < 1.29 is 29.0 Å². The van der Waals surface area contributed by atoms with E-state index in [-0.39, 0.29) is 37.8 Å². The number of nitrogens with one attached hydrogen (secondary N) is 1. The molecule has 4 atom stereocenters. The second-order valence-corrected chi connectivity index (χ2v) is 7.38. The SMILES string of the molecule is CCOC(=O)[C@@]12C[C@H]1/C=C\CCCOCCC(=O)N1C[C@H](O)C[C@H]1C(=O)N2. The third-order valence-corrected chi connectivity index (χ3v) is 5.39. The standard InChI is InChI=1S/C19H28N2O6/c1-2-27-18(25)19-11-13(19)6-4-3-5-8-26-9-7-16(23)21-12-14(22)10-15(21)17(24)20-19/h4,6,13-15,22H,2-3,5,7-12H2,1H3,(H,20,24)/b6-4-/t13-,14-,15+,19-/m1/s1. The van der Waals surface area contributed by atoms with Gasteiger partial charge in [0.1, 0.15) is 11.6 Å². The maximum Gasteiger partial charge on any atom is 0.332 e. The molecule has 8 nitrogen and oxygen atoms in total. The number of carbonyl (C=O) groups is 3. The Balaban J connectivity index is 1.81. The molecule has 0 spiro atoms. The number of esters is 1. The third kappa shape index (κ3) is 4.32. The molecule has 8 heteroatoms. The predicted molar refractivity (Wildman–Crippen MR) is 95.5 cm³/mol. The molecule has 2 aliphatic heterocycles. The quantitative estimate of drug-likeness (QED) is 0.522. The molecule has 2 heterocycles. The molecule has 150 valence electrons. The Hall–Kier alpha value is -1.93. The minimum absolute atomic E-state index is 0.118. The zero-order valence-electron chi connectivity index (χ0n) is 15.7. The zero-order valence-corrected chi connectivity index (χ0v) is 15.7. The van der Waals surface area contributed by atoms with Crippen LogP contribution in [0.5, 0.6) is 0 Å². The lowest BCUT2D eigenvalue weighted by Gasteiger charge is -2.26. The van der Waals surface area contributed by atoms with Gasteiger partial charge in [-0.1, -0.05) is 12.2 Å². The molecule has 0 radical (unpaired) electrons. The van der Waals surface area contributed by atoms with Crippen LogP contribution in [0.15, 0.2) is 12.2 Å². The van der Waals surface area contributed by atoms with Crippen LogP contribution >= 0.6 is 0 Å². The van der Waals surface area contributed by atoms with Gasteiger partial charge in [-0.2, -0.15) is 0 Å².